The van der Waals surface area contributed by atoms with Crippen molar-refractivity contribution in [2.75, 3.05) is 5.32 Å². The van der Waals surface area contributed by atoms with E-state index >= 15 is 0 Å². The second-order valence-corrected chi connectivity index (χ2v) is 5.60. The highest BCUT2D eigenvalue weighted by molar-refractivity contribution is 6.04. The van der Waals surface area contributed by atoms with Crippen molar-refractivity contribution >= 4 is 17.4 Å². The molecule has 1 N–H and O–H groups in total. The molecule has 0 bridgehead atoms. The van der Waals surface area contributed by atoms with Crippen LogP contribution in [0.1, 0.15) is 33.3 Å². The Morgan fingerprint density at radius 3 is 2.50 bits per heavy atom. The molecule has 0 atom stereocenters. The van der Waals surface area contributed by atoms with Gasteiger partial charge in [0.25, 0.3) is 5.91 Å². The van der Waals surface area contributed by atoms with Crippen LogP contribution in [0.5, 0.6) is 0 Å². The third-order valence-electron chi connectivity index (χ3n) is 3.78. The van der Waals surface area contributed by atoms with E-state index in [0.717, 1.165) is 5.56 Å². The first kappa shape index (κ1) is 15.7. The zero-order valence-electron chi connectivity index (χ0n) is 13.4. The topological polar surface area (TPSA) is 51.1 Å². The first-order valence-electron chi connectivity index (χ1n) is 7.75. The first-order chi connectivity index (χ1) is 11.6. The Kier molecular flexibility index (Phi) is 4.57. The molecule has 0 aliphatic rings. The lowest BCUT2D eigenvalue weighted by Gasteiger charge is -2.10. The Labute approximate surface area is 140 Å². The largest absolute Gasteiger partial charge is 0.339 e. The van der Waals surface area contributed by atoms with Crippen LogP contribution in [0.4, 0.5) is 5.69 Å². The summed E-state index contributed by atoms with van der Waals surface area (Å²) >= 11 is 0. The highest BCUT2D eigenvalue weighted by Crippen LogP contribution is 2.14. The molecule has 0 fully saturated rings. The molecule has 3 aromatic rings. The van der Waals surface area contributed by atoms with Gasteiger partial charge in [-0.15, -0.1) is 0 Å². The molecule has 0 unspecified atom stereocenters. The van der Waals surface area contributed by atoms with Crippen LogP contribution in [-0.4, -0.2) is 16.3 Å². The van der Waals surface area contributed by atoms with Gasteiger partial charge in [0.1, 0.15) is 5.69 Å². The average Bonchev–Trinajstić information content (AvgIpc) is 3.04. The lowest BCUT2D eigenvalue weighted by atomic mass is 10.1. The van der Waals surface area contributed by atoms with Gasteiger partial charge in [-0.05, 0) is 36.8 Å². The monoisotopic (exact) mass is 318 g/mol. The van der Waals surface area contributed by atoms with E-state index < -0.39 is 0 Å². The molecule has 4 nitrogen and oxygen atoms in total. The van der Waals surface area contributed by atoms with Crippen LogP contribution in [0, 0.1) is 0 Å². The lowest BCUT2D eigenvalue weighted by molar-refractivity contribution is 0.100. The van der Waals surface area contributed by atoms with Crippen LogP contribution in [0.15, 0.2) is 72.9 Å². The van der Waals surface area contributed by atoms with E-state index in [0.29, 0.717) is 23.5 Å². The van der Waals surface area contributed by atoms with Crippen LogP contribution in [0.3, 0.4) is 0 Å². The number of anilines is 1. The van der Waals surface area contributed by atoms with Gasteiger partial charge < -0.3 is 9.88 Å². The molecular weight excluding hydrogens is 300 g/mol. The van der Waals surface area contributed by atoms with E-state index in [1.165, 1.54) is 6.92 Å². The summed E-state index contributed by atoms with van der Waals surface area (Å²) in [6.45, 7) is 2.13. The Morgan fingerprint density at radius 2 is 1.75 bits per heavy atom. The van der Waals surface area contributed by atoms with E-state index in [9.17, 15) is 9.59 Å². The Hall–Kier alpha value is -3.14. The highest BCUT2D eigenvalue weighted by Gasteiger charge is 2.12. The first-order valence-corrected chi connectivity index (χ1v) is 7.75. The van der Waals surface area contributed by atoms with E-state index in [1.807, 2.05) is 47.2 Å². The predicted octanol–water partition coefficient (Wildman–Crippen LogP) is 3.99. The normalized spacial score (nSPS) is 10.4. The fourth-order valence-electron chi connectivity index (χ4n) is 2.55. The smallest absolute Gasteiger partial charge is 0.272 e. The summed E-state index contributed by atoms with van der Waals surface area (Å²) in [4.78, 5) is 24.0. The molecule has 0 spiro atoms. The summed E-state index contributed by atoms with van der Waals surface area (Å²) in [5, 5.41) is 2.85. The van der Waals surface area contributed by atoms with Gasteiger partial charge in [0, 0.05) is 24.0 Å². The number of ketones is 1. The number of Topliss-reactive ketones (excluding diaryl/α,β-unsaturated/α-hetero) is 1. The molecule has 4 heteroatoms. The number of nitrogens with one attached hydrogen (secondary N) is 1. The van der Waals surface area contributed by atoms with Gasteiger partial charge in [-0.2, -0.15) is 0 Å². The van der Waals surface area contributed by atoms with Crippen LogP contribution >= 0.6 is 0 Å². The van der Waals surface area contributed by atoms with Gasteiger partial charge in [-0.25, -0.2) is 0 Å². The van der Waals surface area contributed by atoms with Crippen molar-refractivity contribution in [1.29, 1.82) is 0 Å². The summed E-state index contributed by atoms with van der Waals surface area (Å²) in [6, 6.07) is 20.6. The molecule has 1 heterocycles. The second kappa shape index (κ2) is 6.96. The quantitative estimate of drug-likeness (QED) is 0.723. The van der Waals surface area contributed by atoms with Gasteiger partial charge in [-0.3, -0.25) is 9.59 Å². The maximum Gasteiger partial charge on any atom is 0.272 e. The van der Waals surface area contributed by atoms with Crippen LogP contribution in [0.25, 0.3) is 0 Å². The molecule has 120 valence electrons. The number of carbonyl (C=O) groups is 2. The van der Waals surface area contributed by atoms with Crippen LogP contribution in [-0.2, 0) is 6.54 Å². The van der Waals surface area contributed by atoms with Gasteiger partial charge in [-0.1, -0.05) is 42.5 Å². The maximum absolute atomic E-state index is 12.6. The average molecular weight is 318 g/mol. The summed E-state index contributed by atoms with van der Waals surface area (Å²) < 4.78 is 1.90. The number of hydrogen-bond donors (Lipinski definition) is 1. The van der Waals surface area contributed by atoms with Crippen molar-refractivity contribution in [3.63, 3.8) is 0 Å². The number of amides is 1. The zero-order valence-corrected chi connectivity index (χ0v) is 13.4. The summed E-state index contributed by atoms with van der Waals surface area (Å²) in [5.41, 5.74) is 2.89. The number of rotatable bonds is 5. The minimum Gasteiger partial charge on any atom is -0.339 e. The standard InChI is InChI=1S/C20H18N2O2/c1-15(23)17-9-5-10-18(13-17)21-20(24)19-11-6-12-22(19)14-16-7-3-2-4-8-16/h2-13H,14H2,1H3,(H,21,24). The van der Waals surface area contributed by atoms with E-state index in [4.69, 9.17) is 0 Å². The predicted molar refractivity (Wildman–Crippen MR) is 94.4 cm³/mol. The molecule has 0 saturated carbocycles. The van der Waals surface area contributed by atoms with Crippen LogP contribution in [0.2, 0.25) is 0 Å². The second-order valence-electron chi connectivity index (χ2n) is 5.60. The zero-order chi connectivity index (χ0) is 16.9. The van der Waals surface area contributed by atoms with E-state index in [-0.39, 0.29) is 11.7 Å². The van der Waals surface area contributed by atoms with Crippen molar-refractivity contribution in [2.45, 2.75) is 13.5 Å². The van der Waals surface area contributed by atoms with Crippen molar-refractivity contribution in [3.8, 4) is 0 Å². The van der Waals surface area contributed by atoms with Crippen molar-refractivity contribution in [3.05, 3.63) is 89.7 Å². The van der Waals surface area contributed by atoms with Gasteiger partial charge in [0.15, 0.2) is 5.78 Å². The molecule has 24 heavy (non-hydrogen) atoms. The SMILES string of the molecule is CC(=O)c1cccc(NC(=O)c2cccn2Cc2ccccc2)c1. The molecular formula is C20H18N2O2. The number of nitrogens with zero attached hydrogens (tertiary/aromatic N) is 1. The van der Waals surface area contributed by atoms with Crippen molar-refractivity contribution < 1.29 is 9.59 Å². The molecule has 1 aromatic heterocycles. The minimum atomic E-state index is -0.198. The Balaban J connectivity index is 1.78. The fourth-order valence-corrected chi connectivity index (χ4v) is 2.55. The number of aromatic nitrogens is 1. The van der Waals surface area contributed by atoms with Gasteiger partial charge in [0.05, 0.1) is 0 Å². The highest BCUT2D eigenvalue weighted by atomic mass is 16.2. The molecule has 2 aromatic carbocycles. The van der Waals surface area contributed by atoms with Crippen molar-refractivity contribution in [1.82, 2.24) is 4.57 Å². The minimum absolute atomic E-state index is 0.0291. The third-order valence-corrected chi connectivity index (χ3v) is 3.78. The Morgan fingerprint density at radius 1 is 0.958 bits per heavy atom. The third kappa shape index (κ3) is 3.60. The van der Waals surface area contributed by atoms with E-state index in [2.05, 4.69) is 5.32 Å². The van der Waals surface area contributed by atoms with Gasteiger partial charge in [0.2, 0.25) is 0 Å². The summed E-state index contributed by atoms with van der Waals surface area (Å²) in [5.74, 6) is -0.227. The molecule has 0 radical (unpaired) electrons. The van der Waals surface area contributed by atoms with E-state index in [1.54, 1.807) is 30.3 Å². The molecule has 0 aliphatic heterocycles. The molecule has 0 aliphatic carbocycles. The van der Waals surface area contributed by atoms with Crippen molar-refractivity contribution in [2.24, 2.45) is 0 Å². The fraction of sp³-hybridized carbons (Fsp3) is 0.100. The molecule has 0 saturated heterocycles. The summed E-state index contributed by atoms with van der Waals surface area (Å²) in [6.07, 6.45) is 1.88. The van der Waals surface area contributed by atoms with Crippen LogP contribution < -0.4 is 5.32 Å². The number of hydrogen-bond acceptors (Lipinski definition) is 2. The summed E-state index contributed by atoms with van der Waals surface area (Å²) in [7, 11) is 0. The molecule has 3 rings (SSSR count). The Bertz CT molecular complexity index is 866. The molecule has 1 amide bonds. The number of benzene rings is 2. The van der Waals surface area contributed by atoms with Gasteiger partial charge >= 0.3 is 0 Å². The number of carbonyl (C=O) groups excluding carboxylic acids is 2. The maximum atomic E-state index is 12.6. The lowest BCUT2D eigenvalue weighted by Crippen LogP contribution is -2.17.